The minimum atomic E-state index is -0.0975. The summed E-state index contributed by atoms with van der Waals surface area (Å²) in [5.41, 5.74) is 0.599. The molecule has 2 rings (SSSR count). The Kier molecular flexibility index (Phi) is 5.31. The molecule has 0 saturated heterocycles. The molecule has 1 atom stereocenters. The van der Waals surface area contributed by atoms with E-state index in [2.05, 4.69) is 33.9 Å². The van der Waals surface area contributed by atoms with Gasteiger partial charge in [0.2, 0.25) is 0 Å². The fourth-order valence-corrected chi connectivity index (χ4v) is 2.50. The number of rotatable bonds is 5. The Balaban J connectivity index is 1.91. The summed E-state index contributed by atoms with van der Waals surface area (Å²) in [6.45, 7) is 1.99. The van der Waals surface area contributed by atoms with Gasteiger partial charge in [0, 0.05) is 21.8 Å². The van der Waals surface area contributed by atoms with E-state index in [1.54, 1.807) is 12.3 Å². The van der Waals surface area contributed by atoms with Gasteiger partial charge in [0.25, 0.3) is 5.91 Å². The number of halogens is 1. The number of thiol groups is 1. The Labute approximate surface area is 132 Å². The van der Waals surface area contributed by atoms with Crippen molar-refractivity contribution in [2.45, 2.75) is 30.7 Å². The van der Waals surface area contributed by atoms with Crippen LogP contribution in [0.15, 0.2) is 50.4 Å². The lowest BCUT2D eigenvalue weighted by molar-refractivity contribution is 0.0937. The first-order valence-electron chi connectivity index (χ1n) is 6.38. The van der Waals surface area contributed by atoms with E-state index in [1.165, 1.54) is 0 Å². The highest BCUT2D eigenvalue weighted by Crippen LogP contribution is 2.20. The summed E-state index contributed by atoms with van der Waals surface area (Å²) in [5.74, 6) is 0.837. The number of hydrogen-bond donors (Lipinski definition) is 2. The maximum Gasteiger partial charge on any atom is 0.252 e. The van der Waals surface area contributed by atoms with Crippen molar-refractivity contribution in [1.29, 1.82) is 0 Å². The van der Waals surface area contributed by atoms with Crippen LogP contribution in [0.4, 0.5) is 0 Å². The number of carbonyl (C=O) groups excluding carboxylic acids is 1. The fourth-order valence-electron chi connectivity index (χ4n) is 1.87. The minimum Gasteiger partial charge on any atom is -0.469 e. The molecule has 106 valence electrons. The highest BCUT2D eigenvalue weighted by molar-refractivity contribution is 9.10. The van der Waals surface area contributed by atoms with Gasteiger partial charge in [-0.1, -0.05) is 0 Å². The van der Waals surface area contributed by atoms with E-state index < -0.39 is 0 Å². The average Bonchev–Trinajstić information content (AvgIpc) is 2.92. The molecule has 0 radical (unpaired) electrons. The molecule has 3 nitrogen and oxygen atoms in total. The fraction of sp³-hybridized carbons (Fsp3) is 0.267. The van der Waals surface area contributed by atoms with Crippen LogP contribution in [0.25, 0.3) is 0 Å². The van der Waals surface area contributed by atoms with Crippen LogP contribution in [-0.2, 0) is 6.42 Å². The molecule has 0 aliphatic carbocycles. The van der Waals surface area contributed by atoms with Crippen LogP contribution in [0.1, 0.15) is 29.5 Å². The third kappa shape index (κ3) is 4.15. The summed E-state index contributed by atoms with van der Waals surface area (Å²) >= 11 is 7.64. The number of nitrogens with one attached hydrogen (secondary N) is 1. The molecule has 0 aliphatic heterocycles. The van der Waals surface area contributed by atoms with E-state index in [0.29, 0.717) is 5.56 Å². The predicted octanol–water partition coefficient (Wildman–Crippen LogP) is 4.08. The SMILES string of the molecule is CC(CCc1ccco1)NC(=O)c1cc(S)ccc1Br. The lowest BCUT2D eigenvalue weighted by Gasteiger charge is -2.14. The van der Waals surface area contributed by atoms with Crippen LogP contribution in [0, 0.1) is 0 Å². The first-order chi connectivity index (χ1) is 9.56. The number of furan rings is 1. The molecule has 1 aromatic heterocycles. The molecular formula is C15H16BrNO2S. The lowest BCUT2D eigenvalue weighted by Crippen LogP contribution is -2.33. The van der Waals surface area contributed by atoms with Gasteiger partial charge in [0.05, 0.1) is 11.8 Å². The monoisotopic (exact) mass is 353 g/mol. The van der Waals surface area contributed by atoms with Gasteiger partial charge in [0.1, 0.15) is 5.76 Å². The maximum atomic E-state index is 12.2. The van der Waals surface area contributed by atoms with E-state index in [9.17, 15) is 4.79 Å². The summed E-state index contributed by atoms with van der Waals surface area (Å²) in [6, 6.07) is 9.29. The van der Waals surface area contributed by atoms with Crippen LogP contribution in [0.3, 0.4) is 0 Å². The normalized spacial score (nSPS) is 12.2. The molecule has 5 heteroatoms. The third-order valence-electron chi connectivity index (χ3n) is 2.98. The van der Waals surface area contributed by atoms with Gasteiger partial charge in [-0.15, -0.1) is 12.6 Å². The van der Waals surface area contributed by atoms with E-state index >= 15 is 0 Å². The van der Waals surface area contributed by atoms with Crippen LogP contribution < -0.4 is 5.32 Å². The van der Waals surface area contributed by atoms with Gasteiger partial charge in [-0.2, -0.15) is 0 Å². The van der Waals surface area contributed by atoms with E-state index in [1.807, 2.05) is 31.2 Å². The van der Waals surface area contributed by atoms with Crippen molar-refractivity contribution in [3.8, 4) is 0 Å². The van der Waals surface area contributed by atoms with E-state index in [4.69, 9.17) is 4.42 Å². The number of benzene rings is 1. The zero-order chi connectivity index (χ0) is 14.5. The summed E-state index contributed by atoms with van der Waals surface area (Å²) in [6.07, 6.45) is 3.30. The van der Waals surface area contributed by atoms with Gasteiger partial charge in [-0.3, -0.25) is 4.79 Å². The molecule has 0 aliphatic rings. The van der Waals surface area contributed by atoms with Gasteiger partial charge >= 0.3 is 0 Å². The zero-order valence-corrected chi connectivity index (χ0v) is 13.6. The van der Waals surface area contributed by atoms with Crippen molar-refractivity contribution in [2.24, 2.45) is 0 Å². The third-order valence-corrected chi connectivity index (χ3v) is 3.95. The standard InChI is InChI=1S/C15H16BrNO2S/c1-10(4-5-11-3-2-8-19-11)17-15(18)13-9-12(20)6-7-14(13)16/h2-3,6-10,20H,4-5H2,1H3,(H,17,18). The second-order valence-corrected chi connectivity index (χ2v) is 6.03. The molecule has 0 saturated carbocycles. The Bertz CT molecular complexity index is 584. The molecule has 0 bridgehead atoms. The summed E-state index contributed by atoms with van der Waals surface area (Å²) < 4.78 is 6.05. The van der Waals surface area contributed by atoms with E-state index in [-0.39, 0.29) is 11.9 Å². The smallest absolute Gasteiger partial charge is 0.252 e. The van der Waals surface area contributed by atoms with E-state index in [0.717, 1.165) is 28.0 Å². The topological polar surface area (TPSA) is 42.2 Å². The number of carbonyl (C=O) groups is 1. The molecule has 0 spiro atoms. The van der Waals surface area contributed by atoms with Crippen LogP contribution in [-0.4, -0.2) is 11.9 Å². The molecule has 0 fully saturated rings. The molecule has 1 heterocycles. The molecule has 1 unspecified atom stereocenters. The molecule has 1 aromatic carbocycles. The van der Waals surface area contributed by atoms with Crippen LogP contribution in [0.5, 0.6) is 0 Å². The molecule has 1 amide bonds. The number of amides is 1. The summed E-state index contributed by atoms with van der Waals surface area (Å²) in [7, 11) is 0. The Morgan fingerprint density at radius 2 is 2.25 bits per heavy atom. The van der Waals surface area contributed by atoms with Gasteiger partial charge < -0.3 is 9.73 Å². The van der Waals surface area contributed by atoms with Crippen molar-refractivity contribution in [3.05, 3.63) is 52.4 Å². The Morgan fingerprint density at radius 1 is 1.45 bits per heavy atom. The Hall–Kier alpha value is -1.20. The van der Waals surface area contributed by atoms with Crippen LogP contribution in [0.2, 0.25) is 0 Å². The molecule has 2 aromatic rings. The predicted molar refractivity (Wildman–Crippen MR) is 85.4 cm³/mol. The summed E-state index contributed by atoms with van der Waals surface area (Å²) in [4.78, 5) is 13.0. The van der Waals surface area contributed by atoms with Gasteiger partial charge in [-0.25, -0.2) is 0 Å². The first kappa shape index (κ1) is 15.2. The second-order valence-electron chi connectivity index (χ2n) is 4.66. The number of hydrogen-bond acceptors (Lipinski definition) is 3. The lowest BCUT2D eigenvalue weighted by atomic mass is 10.1. The van der Waals surface area contributed by atoms with Crippen molar-refractivity contribution in [2.75, 3.05) is 0 Å². The average molecular weight is 354 g/mol. The molecule has 1 N–H and O–H groups in total. The van der Waals surface area contributed by atoms with Gasteiger partial charge in [-0.05, 0) is 59.6 Å². The highest BCUT2D eigenvalue weighted by Gasteiger charge is 2.13. The largest absolute Gasteiger partial charge is 0.469 e. The molecule has 20 heavy (non-hydrogen) atoms. The zero-order valence-electron chi connectivity index (χ0n) is 11.1. The molecular weight excluding hydrogens is 338 g/mol. The van der Waals surface area contributed by atoms with Gasteiger partial charge in [0.15, 0.2) is 0 Å². The van der Waals surface area contributed by atoms with Crippen molar-refractivity contribution < 1.29 is 9.21 Å². The minimum absolute atomic E-state index is 0.0723. The van der Waals surface area contributed by atoms with Crippen LogP contribution >= 0.6 is 28.6 Å². The second kappa shape index (κ2) is 6.99. The highest BCUT2D eigenvalue weighted by atomic mass is 79.9. The Morgan fingerprint density at radius 3 is 2.95 bits per heavy atom. The number of aryl methyl sites for hydroxylation is 1. The van der Waals surface area contributed by atoms with Crippen molar-refractivity contribution in [1.82, 2.24) is 5.32 Å². The van der Waals surface area contributed by atoms with Crippen molar-refractivity contribution >= 4 is 34.5 Å². The maximum absolute atomic E-state index is 12.2. The van der Waals surface area contributed by atoms with Crippen molar-refractivity contribution in [3.63, 3.8) is 0 Å². The summed E-state index contributed by atoms with van der Waals surface area (Å²) in [5, 5.41) is 2.98. The quantitative estimate of drug-likeness (QED) is 0.795. The first-order valence-corrected chi connectivity index (χ1v) is 7.62.